The first-order valence-electron chi connectivity index (χ1n) is 8.92. The van der Waals surface area contributed by atoms with Gasteiger partial charge >= 0.3 is 0 Å². The van der Waals surface area contributed by atoms with Crippen LogP contribution in [0.25, 0.3) is 10.9 Å². The van der Waals surface area contributed by atoms with E-state index in [1.165, 1.54) is 22.7 Å². The Labute approximate surface area is 160 Å². The van der Waals surface area contributed by atoms with Gasteiger partial charge < -0.3 is 4.74 Å². The first-order valence-corrected chi connectivity index (χ1v) is 8.92. The first-order chi connectivity index (χ1) is 13.5. The number of benzene rings is 1. The van der Waals surface area contributed by atoms with Crippen LogP contribution in [0.4, 0.5) is 0 Å². The molecule has 0 aliphatic carbocycles. The summed E-state index contributed by atoms with van der Waals surface area (Å²) in [6, 6.07) is 8.52. The van der Waals surface area contributed by atoms with Crippen LogP contribution in [0.1, 0.15) is 45.8 Å². The van der Waals surface area contributed by atoms with Gasteiger partial charge in [0.25, 0.3) is 11.8 Å². The van der Waals surface area contributed by atoms with Crippen LogP contribution in [0, 0.1) is 0 Å². The third-order valence-corrected chi connectivity index (χ3v) is 4.69. The molecule has 28 heavy (non-hydrogen) atoms. The molecule has 1 aliphatic rings. The van der Waals surface area contributed by atoms with E-state index in [1.807, 2.05) is 6.92 Å². The molecular formula is C20H18N4O4. The summed E-state index contributed by atoms with van der Waals surface area (Å²) in [5.74, 6) is -0.349. The van der Waals surface area contributed by atoms with Gasteiger partial charge in [-0.3, -0.25) is 19.3 Å². The molecule has 0 bridgehead atoms. The number of hydrogen-bond donors (Lipinski definition) is 0. The highest BCUT2D eigenvalue weighted by molar-refractivity contribution is 6.21. The highest BCUT2D eigenvalue weighted by Gasteiger charge is 2.34. The quantitative estimate of drug-likeness (QED) is 0.633. The van der Waals surface area contributed by atoms with Gasteiger partial charge in [0.2, 0.25) is 11.8 Å². The van der Waals surface area contributed by atoms with Gasteiger partial charge in [-0.2, -0.15) is 9.78 Å². The van der Waals surface area contributed by atoms with Crippen molar-refractivity contribution in [3.8, 4) is 5.88 Å². The van der Waals surface area contributed by atoms with Gasteiger partial charge in [0.15, 0.2) is 0 Å². The Bertz CT molecular complexity index is 1070. The molecule has 0 fully saturated rings. The number of rotatable bonds is 5. The lowest BCUT2D eigenvalue weighted by Crippen LogP contribution is -2.33. The number of amides is 2. The van der Waals surface area contributed by atoms with Crippen molar-refractivity contribution in [3.05, 3.63) is 53.9 Å². The van der Waals surface area contributed by atoms with E-state index in [0.29, 0.717) is 28.9 Å². The second-order valence-corrected chi connectivity index (χ2v) is 6.68. The third-order valence-electron chi connectivity index (χ3n) is 4.69. The number of fused-ring (bicyclic) bond motifs is 2. The van der Waals surface area contributed by atoms with Crippen molar-refractivity contribution in [2.45, 2.75) is 26.4 Å². The summed E-state index contributed by atoms with van der Waals surface area (Å²) in [6.07, 6.45) is 3.32. The van der Waals surface area contributed by atoms with Crippen LogP contribution in [0.3, 0.4) is 0 Å². The van der Waals surface area contributed by atoms with Crippen LogP contribution in [-0.2, 0) is 0 Å². The Morgan fingerprint density at radius 1 is 1.14 bits per heavy atom. The third kappa shape index (κ3) is 3.02. The molecule has 4 rings (SSSR count). The molecule has 142 valence electrons. The summed E-state index contributed by atoms with van der Waals surface area (Å²) in [7, 11) is 0. The molecule has 1 aromatic carbocycles. The van der Waals surface area contributed by atoms with Crippen molar-refractivity contribution in [1.82, 2.24) is 19.7 Å². The average molecular weight is 378 g/mol. The molecule has 1 aliphatic heterocycles. The summed E-state index contributed by atoms with van der Waals surface area (Å²) < 4.78 is 7.09. The van der Waals surface area contributed by atoms with Crippen LogP contribution in [0.5, 0.6) is 5.88 Å². The minimum atomic E-state index is -0.274. The number of carbonyl (C=O) groups is 3. The monoisotopic (exact) mass is 378 g/mol. The Kier molecular flexibility index (Phi) is 4.38. The van der Waals surface area contributed by atoms with Gasteiger partial charge in [-0.1, -0.05) is 12.1 Å². The topological polar surface area (TPSA) is 94.4 Å². The molecule has 8 heteroatoms. The molecular weight excluding hydrogens is 360 g/mol. The van der Waals surface area contributed by atoms with E-state index in [2.05, 4.69) is 10.1 Å². The first kappa shape index (κ1) is 17.8. The molecule has 0 spiro atoms. The van der Waals surface area contributed by atoms with Crippen molar-refractivity contribution in [2.24, 2.45) is 0 Å². The van der Waals surface area contributed by atoms with E-state index in [-0.39, 0.29) is 30.4 Å². The van der Waals surface area contributed by atoms with Gasteiger partial charge in [-0.15, -0.1) is 0 Å². The molecule has 0 N–H and O–H groups in total. The van der Waals surface area contributed by atoms with E-state index in [9.17, 15) is 14.4 Å². The van der Waals surface area contributed by atoms with Crippen molar-refractivity contribution in [2.75, 3.05) is 6.54 Å². The molecule has 0 saturated heterocycles. The summed E-state index contributed by atoms with van der Waals surface area (Å²) in [6.45, 7) is 3.54. The number of hydrogen-bond acceptors (Lipinski definition) is 6. The van der Waals surface area contributed by atoms with Crippen LogP contribution in [0.2, 0.25) is 0 Å². The number of ether oxygens (including phenoxy) is 1. The number of nitrogens with zero attached hydrogens (tertiary/aromatic N) is 4. The summed E-state index contributed by atoms with van der Waals surface area (Å²) in [5.41, 5.74) is 1.49. The Morgan fingerprint density at radius 3 is 2.46 bits per heavy atom. The van der Waals surface area contributed by atoms with Crippen molar-refractivity contribution < 1.29 is 19.1 Å². The number of carbonyl (C=O) groups excluding carboxylic acids is 3. The minimum absolute atomic E-state index is 0.195. The van der Waals surface area contributed by atoms with Gasteiger partial charge in [-0.25, -0.2) is 4.98 Å². The smallest absolute Gasteiger partial charge is 0.261 e. The maximum atomic E-state index is 12.4. The molecule has 8 nitrogen and oxygen atoms in total. The molecule has 2 amide bonds. The SMILES string of the molecule is CC(=O)n1ncc2cc(OC(C)CCN3C(=O)c4ccccc4C3=O)ncc21. The average Bonchev–Trinajstić information content (AvgIpc) is 3.20. The van der Waals surface area contributed by atoms with Crippen LogP contribution >= 0.6 is 0 Å². The maximum absolute atomic E-state index is 12.4. The van der Waals surface area contributed by atoms with Gasteiger partial charge in [0, 0.05) is 31.3 Å². The Balaban J connectivity index is 1.41. The summed E-state index contributed by atoms with van der Waals surface area (Å²) >= 11 is 0. The molecule has 3 heterocycles. The highest BCUT2D eigenvalue weighted by Crippen LogP contribution is 2.23. The second-order valence-electron chi connectivity index (χ2n) is 6.68. The predicted molar refractivity (Wildman–Crippen MR) is 100 cm³/mol. The standard InChI is InChI=1S/C20H18N4O4/c1-12(7-8-23-19(26)15-5-3-4-6-16(15)20(23)27)28-18-9-14-10-22-24(13(2)25)17(14)11-21-18/h3-6,9-12H,7-8H2,1-2H3. The molecule has 1 atom stereocenters. The predicted octanol–water partition coefficient (Wildman–Crippen LogP) is 2.55. The van der Waals surface area contributed by atoms with Crippen molar-refractivity contribution in [3.63, 3.8) is 0 Å². The second kappa shape index (κ2) is 6.88. The zero-order valence-corrected chi connectivity index (χ0v) is 15.5. The number of pyridine rings is 1. The number of aromatic nitrogens is 3. The fraction of sp³-hybridized carbons (Fsp3) is 0.250. The van der Waals surface area contributed by atoms with E-state index >= 15 is 0 Å². The zero-order valence-electron chi connectivity index (χ0n) is 15.5. The fourth-order valence-electron chi connectivity index (χ4n) is 3.24. The molecule has 3 aromatic rings. The lowest BCUT2D eigenvalue weighted by Gasteiger charge is -2.18. The van der Waals surface area contributed by atoms with E-state index < -0.39 is 0 Å². The van der Waals surface area contributed by atoms with Crippen molar-refractivity contribution >= 4 is 28.6 Å². The van der Waals surface area contributed by atoms with E-state index in [0.717, 1.165) is 5.39 Å². The fourth-order valence-corrected chi connectivity index (χ4v) is 3.24. The Hall–Kier alpha value is -3.55. The minimum Gasteiger partial charge on any atom is -0.475 e. The molecule has 0 radical (unpaired) electrons. The van der Waals surface area contributed by atoms with Crippen LogP contribution in [-0.4, -0.2) is 50.0 Å². The maximum Gasteiger partial charge on any atom is 0.261 e. The number of imide groups is 1. The Morgan fingerprint density at radius 2 is 1.82 bits per heavy atom. The van der Waals surface area contributed by atoms with Crippen LogP contribution in [0.15, 0.2) is 42.7 Å². The largest absolute Gasteiger partial charge is 0.475 e. The van der Waals surface area contributed by atoms with Gasteiger partial charge in [0.05, 0.1) is 35.1 Å². The normalized spacial score (nSPS) is 14.4. The lowest BCUT2D eigenvalue weighted by atomic mass is 10.1. The van der Waals surface area contributed by atoms with Crippen molar-refractivity contribution in [1.29, 1.82) is 0 Å². The highest BCUT2D eigenvalue weighted by atomic mass is 16.5. The van der Waals surface area contributed by atoms with E-state index in [4.69, 9.17) is 4.74 Å². The molecule has 1 unspecified atom stereocenters. The summed E-state index contributed by atoms with van der Waals surface area (Å²) in [5, 5.41) is 4.77. The van der Waals surface area contributed by atoms with Crippen LogP contribution < -0.4 is 4.74 Å². The van der Waals surface area contributed by atoms with E-state index in [1.54, 1.807) is 36.5 Å². The van der Waals surface area contributed by atoms with Gasteiger partial charge in [-0.05, 0) is 19.1 Å². The molecule has 2 aromatic heterocycles. The molecule has 0 saturated carbocycles. The zero-order chi connectivity index (χ0) is 19.8. The lowest BCUT2D eigenvalue weighted by molar-refractivity contribution is 0.0633. The van der Waals surface area contributed by atoms with Gasteiger partial charge in [0.1, 0.15) is 0 Å². The summed E-state index contributed by atoms with van der Waals surface area (Å²) in [4.78, 5) is 41.8.